The molecule has 20 heavy (non-hydrogen) atoms. The van der Waals surface area contributed by atoms with Gasteiger partial charge in [0, 0.05) is 4.47 Å². The van der Waals surface area contributed by atoms with Crippen molar-refractivity contribution >= 4 is 15.9 Å². The molecule has 3 nitrogen and oxygen atoms in total. The van der Waals surface area contributed by atoms with E-state index in [-0.39, 0.29) is 5.41 Å². The van der Waals surface area contributed by atoms with Crippen molar-refractivity contribution in [3.8, 4) is 11.8 Å². The highest BCUT2D eigenvalue weighted by molar-refractivity contribution is 9.10. The molecule has 1 rings (SSSR count). The number of benzene rings is 1. The van der Waals surface area contributed by atoms with Gasteiger partial charge in [-0.2, -0.15) is 5.26 Å². The summed E-state index contributed by atoms with van der Waals surface area (Å²) in [5.41, 5.74) is 7.62. The number of nitrogens with two attached hydrogens (primary N) is 1. The largest absolute Gasteiger partial charge is 0.493 e. The van der Waals surface area contributed by atoms with Crippen LogP contribution in [0.3, 0.4) is 0 Å². The lowest BCUT2D eigenvalue weighted by atomic mass is 9.90. The summed E-state index contributed by atoms with van der Waals surface area (Å²) in [7, 11) is 0. The van der Waals surface area contributed by atoms with Crippen LogP contribution in [0.2, 0.25) is 0 Å². The third-order valence-corrected chi connectivity index (χ3v) is 3.68. The molecule has 1 aromatic carbocycles. The fraction of sp³-hybridized carbons (Fsp3) is 0.562. The second-order valence-corrected chi connectivity index (χ2v) is 6.61. The van der Waals surface area contributed by atoms with Crippen molar-refractivity contribution < 1.29 is 4.74 Å². The van der Waals surface area contributed by atoms with Crippen molar-refractivity contribution in [2.75, 3.05) is 13.2 Å². The Morgan fingerprint density at radius 1 is 1.40 bits per heavy atom. The molecule has 110 valence electrons. The molecule has 0 atom stereocenters. The summed E-state index contributed by atoms with van der Waals surface area (Å²) in [6, 6.07) is 6.43. The molecular weight excluding hydrogens is 316 g/mol. The summed E-state index contributed by atoms with van der Waals surface area (Å²) < 4.78 is 6.98. The van der Waals surface area contributed by atoms with Crippen molar-refractivity contribution in [1.29, 1.82) is 5.26 Å². The first-order chi connectivity index (χ1) is 9.39. The minimum Gasteiger partial charge on any atom is -0.493 e. The molecule has 0 fully saturated rings. The number of halogens is 1. The van der Waals surface area contributed by atoms with E-state index in [1.165, 1.54) is 0 Å². The molecule has 0 aliphatic heterocycles. The van der Waals surface area contributed by atoms with Crippen molar-refractivity contribution in [3.05, 3.63) is 27.7 Å². The van der Waals surface area contributed by atoms with Gasteiger partial charge in [-0.05, 0) is 69.8 Å². The van der Waals surface area contributed by atoms with Crippen LogP contribution in [0.15, 0.2) is 16.6 Å². The average molecular weight is 339 g/mol. The highest BCUT2D eigenvalue weighted by Gasteiger charge is 2.16. The number of hydrogen-bond donors (Lipinski definition) is 1. The van der Waals surface area contributed by atoms with Gasteiger partial charge in [0.25, 0.3) is 0 Å². The molecule has 0 bridgehead atoms. The molecule has 1 aromatic rings. The van der Waals surface area contributed by atoms with Gasteiger partial charge < -0.3 is 10.5 Å². The van der Waals surface area contributed by atoms with Crippen LogP contribution in [-0.2, 0) is 6.42 Å². The summed E-state index contributed by atoms with van der Waals surface area (Å²) in [4.78, 5) is 0. The van der Waals surface area contributed by atoms with E-state index in [0.717, 1.165) is 40.6 Å². The van der Waals surface area contributed by atoms with Gasteiger partial charge in [-0.25, -0.2) is 0 Å². The second-order valence-electron chi connectivity index (χ2n) is 5.70. The molecule has 0 heterocycles. The quantitative estimate of drug-likeness (QED) is 0.765. The normalized spacial score (nSPS) is 11.2. The predicted molar refractivity (Wildman–Crippen MR) is 85.8 cm³/mol. The molecule has 0 amide bonds. The number of rotatable bonds is 7. The van der Waals surface area contributed by atoms with Gasteiger partial charge in [0.05, 0.1) is 18.1 Å². The van der Waals surface area contributed by atoms with Crippen molar-refractivity contribution in [2.24, 2.45) is 11.1 Å². The smallest absolute Gasteiger partial charge is 0.125 e. The Balaban J connectivity index is 2.66. The Bertz CT molecular complexity index is 492. The summed E-state index contributed by atoms with van der Waals surface area (Å²) in [6.07, 6.45) is 2.52. The van der Waals surface area contributed by atoms with Crippen molar-refractivity contribution in [2.45, 2.75) is 40.0 Å². The fourth-order valence-corrected chi connectivity index (χ4v) is 2.71. The Labute approximate surface area is 130 Å². The van der Waals surface area contributed by atoms with Gasteiger partial charge in [-0.15, -0.1) is 0 Å². The molecule has 2 N–H and O–H groups in total. The van der Waals surface area contributed by atoms with E-state index in [1.807, 2.05) is 20.8 Å². The maximum absolute atomic E-state index is 8.99. The monoisotopic (exact) mass is 338 g/mol. The van der Waals surface area contributed by atoms with Gasteiger partial charge in [0.15, 0.2) is 0 Å². The van der Waals surface area contributed by atoms with Crippen molar-refractivity contribution in [1.82, 2.24) is 0 Å². The van der Waals surface area contributed by atoms with E-state index < -0.39 is 0 Å². The first kappa shape index (κ1) is 17.0. The molecule has 0 radical (unpaired) electrons. The topological polar surface area (TPSA) is 59.0 Å². The summed E-state index contributed by atoms with van der Waals surface area (Å²) in [5, 5.41) is 8.99. The van der Waals surface area contributed by atoms with E-state index in [0.29, 0.717) is 13.2 Å². The maximum atomic E-state index is 8.99. The van der Waals surface area contributed by atoms with E-state index >= 15 is 0 Å². The number of ether oxygens (including phenoxy) is 1. The lowest BCUT2D eigenvalue weighted by molar-refractivity contribution is 0.280. The second kappa shape index (κ2) is 7.66. The molecule has 0 aromatic heterocycles. The van der Waals surface area contributed by atoms with Gasteiger partial charge in [-0.3, -0.25) is 0 Å². The van der Waals surface area contributed by atoms with Crippen LogP contribution >= 0.6 is 15.9 Å². The molecule has 0 aliphatic carbocycles. The minimum absolute atomic E-state index is 0.280. The Kier molecular flexibility index (Phi) is 6.51. The highest BCUT2D eigenvalue weighted by atomic mass is 79.9. The molecule has 0 saturated heterocycles. The third-order valence-electron chi connectivity index (χ3n) is 3.23. The first-order valence-corrected chi connectivity index (χ1v) is 7.72. The zero-order chi connectivity index (χ0) is 15.2. The lowest BCUT2D eigenvalue weighted by Gasteiger charge is -2.17. The summed E-state index contributed by atoms with van der Waals surface area (Å²) >= 11 is 3.50. The van der Waals surface area contributed by atoms with E-state index in [2.05, 4.69) is 34.1 Å². The third kappa shape index (κ3) is 5.15. The first-order valence-electron chi connectivity index (χ1n) is 6.93. The minimum atomic E-state index is -0.280. The molecule has 0 aliphatic rings. The molecular formula is C16H23BrN2O. The van der Waals surface area contributed by atoms with Gasteiger partial charge in [0.1, 0.15) is 5.75 Å². The Morgan fingerprint density at radius 2 is 2.10 bits per heavy atom. The number of hydrogen-bond acceptors (Lipinski definition) is 3. The highest BCUT2D eigenvalue weighted by Crippen LogP contribution is 2.29. The molecule has 0 saturated carbocycles. The van der Waals surface area contributed by atoms with Gasteiger partial charge in [-0.1, -0.05) is 15.9 Å². The van der Waals surface area contributed by atoms with Crippen LogP contribution in [0.25, 0.3) is 0 Å². The van der Waals surface area contributed by atoms with Gasteiger partial charge in [0.2, 0.25) is 0 Å². The maximum Gasteiger partial charge on any atom is 0.125 e. The predicted octanol–water partition coefficient (Wildman–Crippen LogP) is 3.97. The van der Waals surface area contributed by atoms with Crippen LogP contribution in [0.1, 0.15) is 37.8 Å². The molecule has 0 spiro atoms. The number of aryl methyl sites for hydroxylation is 1. The molecule has 0 unspecified atom stereocenters. The van der Waals surface area contributed by atoms with Crippen molar-refractivity contribution in [3.63, 3.8) is 0 Å². The fourth-order valence-electron chi connectivity index (χ4n) is 2.09. The SMILES string of the molecule is Cc1cc(Br)cc(CCN)c1OCCCC(C)(C)C#N. The van der Waals surface area contributed by atoms with Crippen LogP contribution in [-0.4, -0.2) is 13.2 Å². The summed E-state index contributed by atoms with van der Waals surface area (Å²) in [5.74, 6) is 0.938. The van der Waals surface area contributed by atoms with Crippen LogP contribution in [0.5, 0.6) is 5.75 Å². The zero-order valence-electron chi connectivity index (χ0n) is 12.5. The van der Waals surface area contributed by atoms with E-state index in [1.54, 1.807) is 0 Å². The number of nitriles is 1. The lowest BCUT2D eigenvalue weighted by Crippen LogP contribution is -2.11. The summed E-state index contributed by atoms with van der Waals surface area (Å²) in [6.45, 7) is 7.19. The Morgan fingerprint density at radius 3 is 2.70 bits per heavy atom. The van der Waals surface area contributed by atoms with E-state index in [9.17, 15) is 0 Å². The average Bonchev–Trinajstić information content (AvgIpc) is 2.37. The standard InChI is InChI=1S/C16H23BrN2O/c1-12-9-14(17)10-13(5-7-18)15(12)20-8-4-6-16(2,3)11-19/h9-10H,4-8,18H2,1-3H3. The Hall–Kier alpha value is -1.05. The zero-order valence-corrected chi connectivity index (χ0v) is 14.1. The van der Waals surface area contributed by atoms with Gasteiger partial charge >= 0.3 is 0 Å². The van der Waals surface area contributed by atoms with Crippen LogP contribution in [0, 0.1) is 23.7 Å². The van der Waals surface area contributed by atoms with Crippen LogP contribution in [0.4, 0.5) is 0 Å². The number of nitrogens with zero attached hydrogens (tertiary/aromatic N) is 1. The van der Waals surface area contributed by atoms with Crippen LogP contribution < -0.4 is 10.5 Å². The van der Waals surface area contributed by atoms with E-state index in [4.69, 9.17) is 15.7 Å². The molecule has 4 heteroatoms.